The number of nitrogens with zero attached hydrogens (tertiary/aromatic N) is 2. The van der Waals surface area contributed by atoms with Crippen molar-refractivity contribution in [3.05, 3.63) is 64.2 Å². The van der Waals surface area contributed by atoms with Crippen LogP contribution in [-0.4, -0.2) is 75.8 Å². The molecule has 2 heterocycles. The number of carbonyl (C=O) groups is 1. The van der Waals surface area contributed by atoms with E-state index in [1.54, 1.807) is 18.2 Å². The minimum atomic E-state index is -4.33. The smallest absolute Gasteiger partial charge is 0.312 e. The summed E-state index contributed by atoms with van der Waals surface area (Å²) in [5, 5.41) is 11.6. The van der Waals surface area contributed by atoms with Gasteiger partial charge >= 0.3 is 5.69 Å². The van der Waals surface area contributed by atoms with Crippen molar-refractivity contribution in [2.75, 3.05) is 39.5 Å². The molecule has 11 nitrogen and oxygen atoms in total. The number of rotatable bonds is 8. The number of hydrogen-bond acceptors (Lipinski definition) is 9. The number of amides is 1. The number of nitro benzene ring substituents is 1. The van der Waals surface area contributed by atoms with Gasteiger partial charge in [0, 0.05) is 24.7 Å². The fourth-order valence-electron chi connectivity index (χ4n) is 3.55. The highest BCUT2D eigenvalue weighted by Gasteiger charge is 2.32. The van der Waals surface area contributed by atoms with Crippen molar-refractivity contribution in [1.82, 2.24) is 9.62 Å². The van der Waals surface area contributed by atoms with Crippen LogP contribution in [0.25, 0.3) is 0 Å². The molecule has 0 spiro atoms. The normalized spacial score (nSPS) is 19.5. The van der Waals surface area contributed by atoms with Gasteiger partial charge in [-0.05, 0) is 24.3 Å². The lowest BCUT2D eigenvalue weighted by atomic mass is 10.1. The Morgan fingerprint density at radius 1 is 1.21 bits per heavy atom. The molecule has 2 aromatic rings. The zero-order chi connectivity index (χ0) is 23.4. The Kier molecular flexibility index (Phi) is 6.88. The SMILES string of the molecule is O=C(NS(=O)(=O)c1ccc(OCC2CN(C3COC3)CCO2)c([N+](=O)[O-])c1)c1ccccc1. The number of sulfonamides is 1. The fourth-order valence-corrected chi connectivity index (χ4v) is 4.54. The van der Waals surface area contributed by atoms with E-state index in [4.69, 9.17) is 14.2 Å². The predicted molar refractivity (Wildman–Crippen MR) is 116 cm³/mol. The minimum absolute atomic E-state index is 0.0712. The van der Waals surface area contributed by atoms with Gasteiger partial charge in [-0.1, -0.05) is 18.2 Å². The summed E-state index contributed by atoms with van der Waals surface area (Å²) in [4.78, 5) is 24.9. The summed E-state index contributed by atoms with van der Waals surface area (Å²) >= 11 is 0. The molecule has 1 amide bonds. The van der Waals surface area contributed by atoms with Crippen molar-refractivity contribution < 1.29 is 32.3 Å². The fraction of sp³-hybridized carbons (Fsp3) is 0.381. The highest BCUT2D eigenvalue weighted by molar-refractivity contribution is 7.90. The van der Waals surface area contributed by atoms with Crippen LogP contribution in [0.2, 0.25) is 0 Å². The van der Waals surface area contributed by atoms with E-state index in [1.807, 2.05) is 4.72 Å². The van der Waals surface area contributed by atoms with Crippen molar-refractivity contribution in [1.29, 1.82) is 0 Å². The van der Waals surface area contributed by atoms with Crippen LogP contribution in [0.3, 0.4) is 0 Å². The highest BCUT2D eigenvalue weighted by Crippen LogP contribution is 2.30. The molecule has 2 aromatic carbocycles. The van der Waals surface area contributed by atoms with Crippen LogP contribution < -0.4 is 9.46 Å². The highest BCUT2D eigenvalue weighted by atomic mass is 32.2. The van der Waals surface area contributed by atoms with E-state index in [-0.39, 0.29) is 24.0 Å². The van der Waals surface area contributed by atoms with E-state index in [1.165, 1.54) is 18.2 Å². The van der Waals surface area contributed by atoms with Gasteiger partial charge in [0.15, 0.2) is 5.75 Å². The van der Waals surface area contributed by atoms with E-state index in [2.05, 4.69) is 4.90 Å². The third-order valence-electron chi connectivity index (χ3n) is 5.43. The second-order valence-electron chi connectivity index (χ2n) is 7.68. The van der Waals surface area contributed by atoms with Crippen LogP contribution in [0.5, 0.6) is 5.75 Å². The quantitative estimate of drug-likeness (QED) is 0.439. The summed E-state index contributed by atoms with van der Waals surface area (Å²) in [6, 6.07) is 11.4. The van der Waals surface area contributed by atoms with Crippen molar-refractivity contribution >= 4 is 21.6 Å². The van der Waals surface area contributed by atoms with E-state index in [9.17, 15) is 23.3 Å². The van der Waals surface area contributed by atoms with Crippen molar-refractivity contribution in [3.8, 4) is 5.75 Å². The van der Waals surface area contributed by atoms with Gasteiger partial charge < -0.3 is 14.2 Å². The van der Waals surface area contributed by atoms with Gasteiger partial charge in [-0.2, -0.15) is 0 Å². The third kappa shape index (κ3) is 5.47. The van der Waals surface area contributed by atoms with Gasteiger partial charge in [0.2, 0.25) is 0 Å². The largest absolute Gasteiger partial charge is 0.484 e. The predicted octanol–water partition coefficient (Wildman–Crippen LogP) is 1.19. The Balaban J connectivity index is 1.44. The summed E-state index contributed by atoms with van der Waals surface area (Å²) < 4.78 is 43.7. The Morgan fingerprint density at radius 3 is 2.64 bits per heavy atom. The molecule has 12 heteroatoms. The molecule has 2 saturated heterocycles. The first-order chi connectivity index (χ1) is 15.8. The van der Waals surface area contributed by atoms with Crippen molar-refractivity contribution in [2.24, 2.45) is 0 Å². The molecule has 0 aromatic heterocycles. The molecule has 2 aliphatic heterocycles. The van der Waals surface area contributed by atoms with E-state index < -0.39 is 31.4 Å². The molecule has 1 unspecified atom stereocenters. The average molecular weight is 477 g/mol. The zero-order valence-corrected chi connectivity index (χ0v) is 18.4. The first-order valence-corrected chi connectivity index (χ1v) is 11.8. The van der Waals surface area contributed by atoms with Crippen molar-refractivity contribution in [2.45, 2.75) is 17.0 Å². The minimum Gasteiger partial charge on any atom is -0.484 e. The van der Waals surface area contributed by atoms with Crippen LogP contribution in [0.4, 0.5) is 5.69 Å². The number of benzene rings is 2. The monoisotopic (exact) mass is 477 g/mol. The third-order valence-corrected chi connectivity index (χ3v) is 6.76. The van der Waals surface area contributed by atoms with Gasteiger partial charge in [-0.15, -0.1) is 0 Å². The standard InChI is InChI=1S/C21H23N3O8S/c25-21(15-4-2-1-3-5-15)22-33(28,29)18-6-7-20(19(10-18)24(26)27)32-14-17-11-23(8-9-31-17)16-12-30-13-16/h1-7,10,16-17H,8-9,11-14H2,(H,22,25). The van der Waals surface area contributed by atoms with Crippen LogP contribution >= 0.6 is 0 Å². The van der Waals surface area contributed by atoms with Crippen LogP contribution in [0.15, 0.2) is 53.4 Å². The topological polar surface area (TPSA) is 137 Å². The summed E-state index contributed by atoms with van der Waals surface area (Å²) in [5.41, 5.74) is -0.379. The molecule has 0 radical (unpaired) electrons. The Bertz CT molecular complexity index is 1120. The first kappa shape index (κ1) is 23.1. The van der Waals surface area contributed by atoms with E-state index in [0.717, 1.165) is 18.7 Å². The summed E-state index contributed by atoms with van der Waals surface area (Å²) in [6.45, 7) is 3.34. The molecule has 0 aliphatic carbocycles. The molecule has 0 bridgehead atoms. The molecule has 4 rings (SSSR count). The Labute approximate surface area is 190 Å². The second-order valence-corrected chi connectivity index (χ2v) is 9.36. The van der Waals surface area contributed by atoms with Gasteiger partial charge in [0.25, 0.3) is 15.9 Å². The number of morpholine rings is 1. The first-order valence-electron chi connectivity index (χ1n) is 10.3. The van der Waals surface area contributed by atoms with Gasteiger partial charge in [0.1, 0.15) is 12.7 Å². The zero-order valence-electron chi connectivity index (χ0n) is 17.6. The lowest BCUT2D eigenvalue weighted by Gasteiger charge is -2.41. The van der Waals surface area contributed by atoms with Gasteiger partial charge in [0.05, 0.1) is 35.7 Å². The summed E-state index contributed by atoms with van der Waals surface area (Å²) in [6.07, 6.45) is -0.285. The second kappa shape index (κ2) is 9.83. The molecule has 1 N–H and O–H groups in total. The maximum atomic E-state index is 12.6. The van der Waals surface area contributed by atoms with Crippen molar-refractivity contribution in [3.63, 3.8) is 0 Å². The molecule has 0 saturated carbocycles. The number of carbonyl (C=O) groups excluding carboxylic acids is 1. The summed E-state index contributed by atoms with van der Waals surface area (Å²) in [5.74, 6) is -0.921. The molecule has 33 heavy (non-hydrogen) atoms. The number of hydrogen-bond donors (Lipinski definition) is 1. The molecule has 176 valence electrons. The van der Waals surface area contributed by atoms with Crippen LogP contribution in [0, 0.1) is 10.1 Å². The summed E-state index contributed by atoms with van der Waals surface area (Å²) in [7, 11) is -4.33. The molecule has 2 aliphatic rings. The maximum Gasteiger partial charge on any atom is 0.312 e. The van der Waals surface area contributed by atoms with Gasteiger partial charge in [-0.25, -0.2) is 13.1 Å². The Hall–Kier alpha value is -3.06. The van der Waals surface area contributed by atoms with Crippen LogP contribution in [-0.2, 0) is 19.5 Å². The van der Waals surface area contributed by atoms with Gasteiger partial charge in [-0.3, -0.25) is 19.8 Å². The number of ether oxygens (including phenoxy) is 3. The molecule has 1 atom stereocenters. The lowest BCUT2D eigenvalue weighted by molar-refractivity contribution is -0.386. The average Bonchev–Trinajstić information content (AvgIpc) is 2.77. The number of nitro groups is 1. The van der Waals surface area contributed by atoms with Crippen LogP contribution in [0.1, 0.15) is 10.4 Å². The number of nitrogens with one attached hydrogen (secondary N) is 1. The van der Waals surface area contributed by atoms with E-state index in [0.29, 0.717) is 32.4 Å². The Morgan fingerprint density at radius 2 is 1.97 bits per heavy atom. The lowest BCUT2D eigenvalue weighted by Crippen LogP contribution is -2.56. The molecular weight excluding hydrogens is 454 g/mol. The molecular formula is C21H23N3O8S. The molecule has 2 fully saturated rings. The maximum absolute atomic E-state index is 12.6. The van der Waals surface area contributed by atoms with E-state index >= 15 is 0 Å².